The highest BCUT2D eigenvalue weighted by Crippen LogP contribution is 2.27. The molecule has 9 heteroatoms. The van der Waals surface area contributed by atoms with E-state index in [0.717, 1.165) is 30.5 Å². The quantitative estimate of drug-likeness (QED) is 0.553. The molecule has 1 aliphatic heterocycles. The lowest BCUT2D eigenvalue weighted by molar-refractivity contribution is 0.0742. The molecule has 1 aliphatic rings. The minimum atomic E-state index is -3.62. The van der Waals surface area contributed by atoms with Crippen molar-refractivity contribution in [3.63, 3.8) is 0 Å². The number of carbonyl (C=O) groups excluding carboxylic acids is 1. The maximum atomic E-state index is 13.3. The molecule has 8 nitrogen and oxygen atoms in total. The molecule has 0 N–H and O–H groups in total. The molecule has 2 aromatic carbocycles. The van der Waals surface area contributed by atoms with Gasteiger partial charge in [0.15, 0.2) is 0 Å². The summed E-state index contributed by atoms with van der Waals surface area (Å²) in [5.74, 6) is -0.224. The maximum absolute atomic E-state index is 13.3. The molecule has 0 saturated carbocycles. The van der Waals surface area contributed by atoms with Crippen molar-refractivity contribution < 1.29 is 13.2 Å². The first-order valence-electron chi connectivity index (χ1n) is 11.1. The van der Waals surface area contributed by atoms with Gasteiger partial charge in [0.2, 0.25) is 10.0 Å². The topological polar surface area (TPSA) is 88.4 Å². The van der Waals surface area contributed by atoms with Crippen LogP contribution in [0.25, 0.3) is 5.69 Å². The molecule has 174 valence electrons. The van der Waals surface area contributed by atoms with Gasteiger partial charge in [-0.05, 0) is 62.1 Å². The first-order valence-corrected chi connectivity index (χ1v) is 12.6. The SMILES string of the molecule is Cc1ccc(C(=O)N(C)C(C)c2ccc(-n3cncn3)cc2)cc1S(=O)(=O)N1CCCCC1. The summed E-state index contributed by atoms with van der Waals surface area (Å²) in [6, 6.07) is 12.5. The van der Waals surface area contributed by atoms with Gasteiger partial charge in [0, 0.05) is 25.7 Å². The molecule has 2 heterocycles. The van der Waals surface area contributed by atoms with E-state index in [9.17, 15) is 13.2 Å². The molecule has 4 rings (SSSR count). The van der Waals surface area contributed by atoms with Gasteiger partial charge in [0.25, 0.3) is 5.91 Å². The Bertz CT molecular complexity index is 1220. The van der Waals surface area contributed by atoms with Gasteiger partial charge in [0.05, 0.1) is 16.6 Å². The van der Waals surface area contributed by atoms with E-state index in [2.05, 4.69) is 10.1 Å². The van der Waals surface area contributed by atoms with E-state index >= 15 is 0 Å². The maximum Gasteiger partial charge on any atom is 0.254 e. The molecule has 0 aliphatic carbocycles. The zero-order valence-corrected chi connectivity index (χ0v) is 20.0. The highest BCUT2D eigenvalue weighted by Gasteiger charge is 2.29. The van der Waals surface area contributed by atoms with Crippen molar-refractivity contribution in [2.24, 2.45) is 0 Å². The predicted molar refractivity (Wildman–Crippen MR) is 126 cm³/mol. The molecule has 1 saturated heterocycles. The summed E-state index contributed by atoms with van der Waals surface area (Å²) in [4.78, 5) is 19.1. The summed E-state index contributed by atoms with van der Waals surface area (Å²) < 4.78 is 29.7. The van der Waals surface area contributed by atoms with Crippen LogP contribution in [0.2, 0.25) is 0 Å². The summed E-state index contributed by atoms with van der Waals surface area (Å²) in [6.45, 7) is 4.78. The van der Waals surface area contributed by atoms with E-state index in [0.29, 0.717) is 24.2 Å². The number of carbonyl (C=O) groups is 1. The first kappa shape index (κ1) is 23.1. The molecule has 1 fully saturated rings. The number of aryl methyl sites for hydroxylation is 1. The lowest BCUT2D eigenvalue weighted by Gasteiger charge is -2.28. The molecular formula is C24H29N5O3S. The van der Waals surface area contributed by atoms with Crippen LogP contribution in [0.4, 0.5) is 0 Å². The van der Waals surface area contributed by atoms with Crippen LogP contribution in [0, 0.1) is 6.92 Å². The molecule has 0 bridgehead atoms. The lowest BCUT2D eigenvalue weighted by Crippen LogP contribution is -2.36. The minimum absolute atomic E-state index is 0.203. The van der Waals surface area contributed by atoms with Crippen molar-refractivity contribution in [2.75, 3.05) is 20.1 Å². The number of amides is 1. The minimum Gasteiger partial charge on any atom is -0.335 e. The second-order valence-corrected chi connectivity index (χ2v) is 10.4. The van der Waals surface area contributed by atoms with Crippen molar-refractivity contribution in [3.8, 4) is 5.69 Å². The summed E-state index contributed by atoms with van der Waals surface area (Å²) in [5, 5.41) is 4.12. The fraction of sp³-hybridized carbons (Fsp3) is 0.375. The number of benzene rings is 2. The highest BCUT2D eigenvalue weighted by molar-refractivity contribution is 7.89. The van der Waals surface area contributed by atoms with Crippen LogP contribution in [0.5, 0.6) is 0 Å². The third-order valence-corrected chi connectivity index (χ3v) is 8.37. The molecule has 3 aromatic rings. The molecule has 1 amide bonds. The Kier molecular flexibility index (Phi) is 6.62. The molecule has 0 spiro atoms. The second-order valence-electron chi connectivity index (χ2n) is 8.47. The van der Waals surface area contributed by atoms with Crippen molar-refractivity contribution in [1.82, 2.24) is 24.0 Å². The van der Waals surface area contributed by atoms with E-state index in [-0.39, 0.29) is 16.8 Å². The Morgan fingerprint density at radius 1 is 1.06 bits per heavy atom. The number of aromatic nitrogens is 3. The predicted octanol–water partition coefficient (Wildman–Crippen LogP) is 3.58. The standard InChI is InChI=1S/C24H29N5O3S/c1-18-7-8-21(15-23(18)33(31,32)28-13-5-4-6-14-28)24(30)27(3)19(2)20-9-11-22(12-10-20)29-17-25-16-26-29/h7-12,15-17,19H,4-6,13-14H2,1-3H3. The molecule has 1 unspecified atom stereocenters. The fourth-order valence-corrected chi connectivity index (χ4v) is 5.87. The van der Waals surface area contributed by atoms with E-state index in [1.54, 1.807) is 42.0 Å². The van der Waals surface area contributed by atoms with E-state index in [4.69, 9.17) is 0 Å². The van der Waals surface area contributed by atoms with Gasteiger partial charge >= 0.3 is 0 Å². The largest absolute Gasteiger partial charge is 0.335 e. The van der Waals surface area contributed by atoms with Crippen molar-refractivity contribution in [1.29, 1.82) is 0 Å². The van der Waals surface area contributed by atoms with Crippen LogP contribution >= 0.6 is 0 Å². The Balaban J connectivity index is 1.55. The Morgan fingerprint density at radius 3 is 2.39 bits per heavy atom. The molecule has 33 heavy (non-hydrogen) atoms. The average Bonchev–Trinajstić information content (AvgIpc) is 3.38. The van der Waals surface area contributed by atoms with E-state index in [1.807, 2.05) is 31.2 Å². The normalized spacial score (nSPS) is 15.8. The summed E-state index contributed by atoms with van der Waals surface area (Å²) in [6.07, 6.45) is 5.89. The van der Waals surface area contributed by atoms with Gasteiger partial charge in [-0.15, -0.1) is 0 Å². The summed E-state index contributed by atoms with van der Waals surface area (Å²) in [7, 11) is -1.89. The average molecular weight is 468 g/mol. The van der Waals surface area contributed by atoms with Crippen LogP contribution in [-0.4, -0.2) is 58.4 Å². The summed E-state index contributed by atoms with van der Waals surface area (Å²) >= 11 is 0. The van der Waals surface area contributed by atoms with E-state index < -0.39 is 10.0 Å². The zero-order chi connectivity index (χ0) is 23.6. The smallest absolute Gasteiger partial charge is 0.254 e. The number of hydrogen-bond donors (Lipinski definition) is 0. The van der Waals surface area contributed by atoms with Crippen molar-refractivity contribution in [2.45, 2.75) is 44.0 Å². The number of piperidine rings is 1. The Hall–Kier alpha value is -3.04. The van der Waals surface area contributed by atoms with Gasteiger partial charge in [-0.1, -0.05) is 24.6 Å². The van der Waals surface area contributed by atoms with Crippen LogP contribution in [0.15, 0.2) is 60.0 Å². The Labute approximate surface area is 194 Å². The van der Waals surface area contributed by atoms with E-state index in [1.165, 1.54) is 16.7 Å². The van der Waals surface area contributed by atoms with Crippen LogP contribution in [0.3, 0.4) is 0 Å². The van der Waals surface area contributed by atoms with Crippen LogP contribution in [-0.2, 0) is 10.0 Å². The van der Waals surface area contributed by atoms with Crippen molar-refractivity contribution >= 4 is 15.9 Å². The second kappa shape index (κ2) is 9.44. The number of hydrogen-bond acceptors (Lipinski definition) is 5. The van der Waals surface area contributed by atoms with Crippen molar-refractivity contribution in [3.05, 3.63) is 71.8 Å². The monoisotopic (exact) mass is 467 g/mol. The van der Waals surface area contributed by atoms with Gasteiger partial charge in [0.1, 0.15) is 12.7 Å². The molecule has 0 radical (unpaired) electrons. The number of sulfonamides is 1. The van der Waals surface area contributed by atoms with Crippen LogP contribution < -0.4 is 0 Å². The molecule has 1 aromatic heterocycles. The van der Waals surface area contributed by atoms with Gasteiger partial charge < -0.3 is 4.90 Å². The zero-order valence-electron chi connectivity index (χ0n) is 19.2. The van der Waals surface area contributed by atoms with Crippen LogP contribution in [0.1, 0.15) is 53.7 Å². The lowest BCUT2D eigenvalue weighted by atomic mass is 10.1. The highest BCUT2D eigenvalue weighted by atomic mass is 32.2. The van der Waals surface area contributed by atoms with Gasteiger partial charge in [-0.3, -0.25) is 4.79 Å². The number of nitrogens with zero attached hydrogens (tertiary/aromatic N) is 5. The third-order valence-electron chi connectivity index (χ3n) is 6.33. The first-order chi connectivity index (χ1) is 15.8. The molecular weight excluding hydrogens is 438 g/mol. The fourth-order valence-electron chi connectivity index (χ4n) is 4.11. The van der Waals surface area contributed by atoms with Gasteiger partial charge in [-0.2, -0.15) is 9.40 Å². The summed E-state index contributed by atoms with van der Waals surface area (Å²) in [5.41, 5.74) is 2.85. The Morgan fingerprint density at radius 2 is 1.76 bits per heavy atom. The van der Waals surface area contributed by atoms with Gasteiger partial charge in [-0.25, -0.2) is 18.1 Å². The number of rotatable bonds is 6. The molecule has 1 atom stereocenters. The third kappa shape index (κ3) is 4.69.